The predicted octanol–water partition coefficient (Wildman–Crippen LogP) is 4.05. The molecule has 0 aliphatic rings. The van der Waals surface area contributed by atoms with Gasteiger partial charge >= 0.3 is 0 Å². The summed E-state index contributed by atoms with van der Waals surface area (Å²) in [4.78, 5) is 4.35. The highest BCUT2D eigenvalue weighted by atomic mass is 35.5. The second-order valence-electron chi connectivity index (χ2n) is 4.68. The first kappa shape index (κ1) is 15.6. The molecule has 0 aliphatic carbocycles. The highest BCUT2D eigenvalue weighted by molar-refractivity contribution is 7.98. The summed E-state index contributed by atoms with van der Waals surface area (Å²) in [5, 5.41) is 13.8. The maximum Gasteiger partial charge on any atom is 0.226 e. The van der Waals surface area contributed by atoms with Gasteiger partial charge in [0.25, 0.3) is 0 Å². The molecule has 0 unspecified atom stereocenters. The van der Waals surface area contributed by atoms with Crippen molar-refractivity contribution in [2.45, 2.75) is 37.1 Å². The van der Waals surface area contributed by atoms with Crippen LogP contribution >= 0.6 is 35.0 Å². The molecule has 0 spiro atoms. The molecular weight excluding hydrogens is 345 g/mol. The van der Waals surface area contributed by atoms with Gasteiger partial charge in [-0.05, 0) is 12.5 Å². The van der Waals surface area contributed by atoms with Crippen molar-refractivity contribution in [3.63, 3.8) is 0 Å². The maximum atomic E-state index is 6.09. The van der Waals surface area contributed by atoms with E-state index in [0.29, 0.717) is 38.3 Å². The fourth-order valence-electron chi connectivity index (χ4n) is 1.91. The number of hydrogen-bond donors (Lipinski definition) is 0. The average Bonchev–Trinajstić information content (AvgIpc) is 3.09. The van der Waals surface area contributed by atoms with E-state index in [1.807, 2.05) is 0 Å². The Morgan fingerprint density at radius 3 is 3.00 bits per heavy atom. The van der Waals surface area contributed by atoms with E-state index < -0.39 is 0 Å². The van der Waals surface area contributed by atoms with Gasteiger partial charge in [0.15, 0.2) is 16.6 Å². The largest absolute Gasteiger partial charge is 0.339 e. The molecule has 3 aromatic heterocycles. The lowest BCUT2D eigenvalue weighted by atomic mass is 10.2. The Kier molecular flexibility index (Phi) is 4.85. The zero-order valence-corrected chi connectivity index (χ0v) is 14.1. The van der Waals surface area contributed by atoms with Crippen LogP contribution in [-0.2, 0) is 12.2 Å². The van der Waals surface area contributed by atoms with Crippen LogP contribution in [0.25, 0.3) is 5.65 Å². The second-order valence-corrected chi connectivity index (χ2v) is 6.47. The maximum absolute atomic E-state index is 6.09. The van der Waals surface area contributed by atoms with Crippen molar-refractivity contribution in [2.75, 3.05) is 0 Å². The fraction of sp³-hybridized carbons (Fsp3) is 0.385. The molecule has 22 heavy (non-hydrogen) atoms. The van der Waals surface area contributed by atoms with Gasteiger partial charge in [-0.3, -0.25) is 4.40 Å². The Labute approximate surface area is 141 Å². The summed E-state index contributed by atoms with van der Waals surface area (Å²) in [6, 6.07) is 1.64. The molecule has 0 aliphatic heterocycles. The van der Waals surface area contributed by atoms with Crippen molar-refractivity contribution in [3.8, 4) is 0 Å². The fourth-order valence-corrected chi connectivity index (χ4v) is 3.17. The van der Waals surface area contributed by atoms with Crippen molar-refractivity contribution >= 4 is 40.6 Å². The lowest BCUT2D eigenvalue weighted by molar-refractivity contribution is 0.371. The van der Waals surface area contributed by atoms with Gasteiger partial charge in [0.1, 0.15) is 0 Å². The number of fused-ring (bicyclic) bond motifs is 1. The molecule has 0 N–H and O–H groups in total. The van der Waals surface area contributed by atoms with Gasteiger partial charge < -0.3 is 4.52 Å². The van der Waals surface area contributed by atoms with E-state index in [2.05, 4.69) is 27.3 Å². The summed E-state index contributed by atoms with van der Waals surface area (Å²) in [5.74, 6) is 1.86. The molecule has 9 heteroatoms. The summed E-state index contributed by atoms with van der Waals surface area (Å²) >= 11 is 13.6. The Balaban J connectivity index is 1.72. The van der Waals surface area contributed by atoms with Crippen molar-refractivity contribution in [1.29, 1.82) is 0 Å². The van der Waals surface area contributed by atoms with Crippen molar-refractivity contribution < 1.29 is 4.52 Å². The number of nitrogens with zero attached hydrogens (tertiary/aromatic N) is 5. The van der Waals surface area contributed by atoms with E-state index in [0.717, 1.165) is 19.3 Å². The van der Waals surface area contributed by atoms with E-state index in [1.54, 1.807) is 16.7 Å². The Morgan fingerprint density at radius 1 is 1.32 bits per heavy atom. The van der Waals surface area contributed by atoms with Gasteiger partial charge in [0.2, 0.25) is 5.89 Å². The molecule has 0 radical (unpaired) electrons. The predicted molar refractivity (Wildman–Crippen MR) is 85.5 cm³/mol. The van der Waals surface area contributed by atoms with Crippen LogP contribution in [0.1, 0.15) is 31.5 Å². The van der Waals surface area contributed by atoms with Gasteiger partial charge in [0, 0.05) is 12.6 Å². The molecule has 0 aromatic carbocycles. The summed E-state index contributed by atoms with van der Waals surface area (Å²) in [7, 11) is 0. The van der Waals surface area contributed by atoms with Crippen molar-refractivity contribution in [1.82, 2.24) is 24.7 Å². The van der Waals surface area contributed by atoms with Gasteiger partial charge in [-0.1, -0.05) is 53.5 Å². The first-order valence-electron chi connectivity index (χ1n) is 6.81. The number of unbranched alkanes of at least 4 members (excludes halogenated alkanes) is 1. The molecule has 3 aromatic rings. The molecule has 116 valence electrons. The minimum absolute atomic E-state index is 0.466. The number of hydrogen-bond acceptors (Lipinski definition) is 6. The van der Waals surface area contributed by atoms with Crippen molar-refractivity contribution in [2.24, 2.45) is 0 Å². The number of thioether (sulfide) groups is 1. The number of halogens is 2. The first-order valence-corrected chi connectivity index (χ1v) is 8.55. The summed E-state index contributed by atoms with van der Waals surface area (Å²) in [5.41, 5.74) is 0.574. The van der Waals surface area contributed by atoms with Crippen LogP contribution in [0.3, 0.4) is 0 Å². The molecule has 0 fully saturated rings. The number of aromatic nitrogens is 5. The topological polar surface area (TPSA) is 69.1 Å². The molecule has 0 amide bonds. The molecule has 0 bridgehead atoms. The van der Waals surface area contributed by atoms with E-state index in [-0.39, 0.29) is 0 Å². The zero-order chi connectivity index (χ0) is 15.5. The molecule has 3 heterocycles. The van der Waals surface area contributed by atoms with E-state index in [4.69, 9.17) is 27.7 Å². The summed E-state index contributed by atoms with van der Waals surface area (Å²) < 4.78 is 6.96. The van der Waals surface area contributed by atoms with Crippen LogP contribution < -0.4 is 0 Å². The Hall–Kier alpha value is -1.31. The number of pyridine rings is 1. The normalized spacial score (nSPS) is 11.4. The zero-order valence-electron chi connectivity index (χ0n) is 11.8. The third-order valence-electron chi connectivity index (χ3n) is 2.98. The van der Waals surface area contributed by atoms with E-state index in [1.165, 1.54) is 11.8 Å². The molecular formula is C13H13Cl2N5OS. The van der Waals surface area contributed by atoms with Crippen LogP contribution in [0.5, 0.6) is 0 Å². The van der Waals surface area contributed by atoms with Crippen LogP contribution in [0.15, 0.2) is 21.9 Å². The Bertz CT molecular complexity index is 788. The van der Waals surface area contributed by atoms with Crippen LogP contribution in [-0.4, -0.2) is 24.7 Å². The first-order chi connectivity index (χ1) is 10.7. The van der Waals surface area contributed by atoms with Gasteiger partial charge in [-0.15, -0.1) is 10.2 Å². The lowest BCUT2D eigenvalue weighted by Crippen LogP contribution is -1.91. The smallest absolute Gasteiger partial charge is 0.226 e. The minimum Gasteiger partial charge on any atom is -0.339 e. The number of rotatable bonds is 6. The summed E-state index contributed by atoms with van der Waals surface area (Å²) in [6.45, 7) is 2.12. The standard InChI is InChI=1S/C13H13Cl2N5OS/c1-2-3-4-11-16-10(19-21-11)7-22-13-18-17-12-9(15)5-8(14)6-20(12)13/h5-6H,2-4,7H2,1H3. The third kappa shape index (κ3) is 3.37. The van der Waals surface area contributed by atoms with Gasteiger partial charge in [-0.25, -0.2) is 0 Å². The number of aryl methyl sites for hydroxylation is 1. The molecule has 0 atom stereocenters. The van der Waals surface area contributed by atoms with Crippen molar-refractivity contribution in [3.05, 3.63) is 34.0 Å². The third-order valence-corrected chi connectivity index (χ3v) is 4.40. The molecule has 0 saturated heterocycles. The van der Waals surface area contributed by atoms with E-state index in [9.17, 15) is 0 Å². The summed E-state index contributed by atoms with van der Waals surface area (Å²) in [6.07, 6.45) is 4.68. The lowest BCUT2D eigenvalue weighted by Gasteiger charge is -1.99. The van der Waals surface area contributed by atoms with Crippen LogP contribution in [0, 0.1) is 0 Å². The highest BCUT2D eigenvalue weighted by Crippen LogP contribution is 2.26. The van der Waals surface area contributed by atoms with Gasteiger partial charge in [-0.2, -0.15) is 4.98 Å². The van der Waals surface area contributed by atoms with Crippen LogP contribution in [0.2, 0.25) is 10.0 Å². The average molecular weight is 358 g/mol. The van der Waals surface area contributed by atoms with Crippen LogP contribution in [0.4, 0.5) is 0 Å². The Morgan fingerprint density at radius 2 is 2.18 bits per heavy atom. The second kappa shape index (κ2) is 6.85. The SMILES string of the molecule is CCCCc1nc(CSc2nnc3c(Cl)cc(Cl)cn23)no1. The molecule has 0 saturated carbocycles. The monoisotopic (exact) mass is 357 g/mol. The minimum atomic E-state index is 0.466. The molecule has 3 rings (SSSR count). The molecule has 6 nitrogen and oxygen atoms in total. The van der Waals surface area contributed by atoms with E-state index >= 15 is 0 Å². The van der Waals surface area contributed by atoms with Gasteiger partial charge in [0.05, 0.1) is 15.8 Å². The quantitative estimate of drug-likeness (QED) is 0.619. The highest BCUT2D eigenvalue weighted by Gasteiger charge is 2.12.